The number of rotatable bonds is 5. The van der Waals surface area contributed by atoms with Gasteiger partial charge in [-0.05, 0) is 53.6 Å². The zero-order valence-corrected chi connectivity index (χ0v) is 14.9. The first-order chi connectivity index (χ1) is 13.7. The van der Waals surface area contributed by atoms with Gasteiger partial charge in [0.05, 0.1) is 16.6 Å². The number of benzene rings is 3. The van der Waals surface area contributed by atoms with Crippen molar-refractivity contribution in [3.63, 3.8) is 0 Å². The lowest BCUT2D eigenvalue weighted by atomic mass is 10.1. The summed E-state index contributed by atoms with van der Waals surface area (Å²) < 4.78 is 18.8. The second-order valence-corrected chi connectivity index (χ2v) is 6.26. The van der Waals surface area contributed by atoms with Crippen LogP contribution in [-0.4, -0.2) is 9.97 Å². The largest absolute Gasteiger partial charge is 0.489 e. The lowest BCUT2D eigenvalue weighted by Crippen LogP contribution is -1.95. The van der Waals surface area contributed by atoms with Crippen LogP contribution < -0.4 is 4.74 Å². The van der Waals surface area contributed by atoms with E-state index in [1.165, 1.54) is 12.1 Å². The summed E-state index contributed by atoms with van der Waals surface area (Å²) in [4.78, 5) is 7.65. The highest BCUT2D eigenvalue weighted by atomic mass is 19.1. The van der Waals surface area contributed by atoms with Crippen molar-refractivity contribution in [2.24, 2.45) is 0 Å². The lowest BCUT2D eigenvalue weighted by molar-refractivity contribution is 0.306. The molecule has 28 heavy (non-hydrogen) atoms. The summed E-state index contributed by atoms with van der Waals surface area (Å²) in [5, 5.41) is 9.57. The van der Waals surface area contributed by atoms with Gasteiger partial charge in [-0.2, -0.15) is 5.26 Å². The fourth-order valence-corrected chi connectivity index (χ4v) is 2.84. The molecule has 5 heteroatoms. The van der Waals surface area contributed by atoms with Gasteiger partial charge in [0, 0.05) is 0 Å². The van der Waals surface area contributed by atoms with E-state index in [2.05, 4.69) is 16.0 Å². The molecule has 4 aromatic rings. The van der Waals surface area contributed by atoms with Crippen molar-refractivity contribution in [1.29, 1.82) is 5.26 Å². The molecule has 0 amide bonds. The first kappa shape index (κ1) is 17.5. The number of H-pyrrole nitrogens is 1. The van der Waals surface area contributed by atoms with Crippen LogP contribution in [0.5, 0.6) is 5.75 Å². The highest BCUT2D eigenvalue weighted by Gasteiger charge is 2.08. The number of imidazole rings is 1. The van der Waals surface area contributed by atoms with Crippen LogP contribution in [0.15, 0.2) is 72.8 Å². The Kier molecular flexibility index (Phi) is 4.85. The second kappa shape index (κ2) is 7.77. The Morgan fingerprint density at radius 2 is 1.89 bits per heavy atom. The average molecular weight is 369 g/mol. The number of nitrogens with one attached hydrogen (secondary N) is 1. The molecule has 136 valence electrons. The predicted molar refractivity (Wildman–Crippen MR) is 107 cm³/mol. The first-order valence-electron chi connectivity index (χ1n) is 8.75. The summed E-state index contributed by atoms with van der Waals surface area (Å²) in [6.45, 7) is 0.335. The van der Waals surface area contributed by atoms with Crippen molar-refractivity contribution >= 4 is 22.7 Å². The highest BCUT2D eigenvalue weighted by Crippen LogP contribution is 2.22. The van der Waals surface area contributed by atoms with Crippen LogP contribution in [-0.2, 0) is 6.61 Å². The van der Waals surface area contributed by atoms with Crippen molar-refractivity contribution in [1.82, 2.24) is 9.97 Å². The summed E-state index contributed by atoms with van der Waals surface area (Å²) >= 11 is 0. The van der Waals surface area contributed by atoms with Gasteiger partial charge in [-0.25, -0.2) is 9.37 Å². The minimum atomic E-state index is -0.273. The van der Waals surface area contributed by atoms with Crippen molar-refractivity contribution in [2.45, 2.75) is 6.61 Å². The third-order valence-corrected chi connectivity index (χ3v) is 4.25. The monoisotopic (exact) mass is 369 g/mol. The molecule has 0 aliphatic carbocycles. The first-order valence-corrected chi connectivity index (χ1v) is 8.75. The zero-order valence-electron chi connectivity index (χ0n) is 14.9. The Morgan fingerprint density at radius 3 is 2.68 bits per heavy atom. The number of aromatic nitrogens is 2. The standard InChI is InChI=1S/C23H16FN3O/c24-19-10-8-16(9-11-19)15-28-20-5-3-4-17(13-20)12-18(14-25)23-26-21-6-1-2-7-22(21)27-23/h1-13H,15H2,(H,26,27). The molecular formula is C23H16FN3O. The smallest absolute Gasteiger partial charge is 0.149 e. The third kappa shape index (κ3) is 3.92. The molecule has 0 radical (unpaired) electrons. The number of aromatic amines is 1. The summed E-state index contributed by atoms with van der Waals surface area (Å²) in [5.41, 5.74) is 3.84. The molecule has 0 aliphatic rings. The van der Waals surface area contributed by atoms with Gasteiger partial charge in [0.15, 0.2) is 0 Å². The summed E-state index contributed by atoms with van der Waals surface area (Å²) in [6, 6.07) is 23.5. The number of para-hydroxylation sites is 2. The quantitative estimate of drug-likeness (QED) is 0.483. The Balaban J connectivity index is 1.55. The van der Waals surface area contributed by atoms with E-state index in [1.807, 2.05) is 48.5 Å². The summed E-state index contributed by atoms with van der Waals surface area (Å²) in [7, 11) is 0. The van der Waals surface area contributed by atoms with Crippen LogP contribution in [0.3, 0.4) is 0 Å². The van der Waals surface area contributed by atoms with Gasteiger partial charge in [-0.3, -0.25) is 0 Å². The van der Waals surface area contributed by atoms with Crippen molar-refractivity contribution in [3.8, 4) is 11.8 Å². The van der Waals surface area contributed by atoms with E-state index >= 15 is 0 Å². The highest BCUT2D eigenvalue weighted by molar-refractivity contribution is 5.90. The Bertz CT molecular complexity index is 1150. The predicted octanol–water partition coefficient (Wildman–Crippen LogP) is 5.35. The number of hydrogen-bond acceptors (Lipinski definition) is 3. The van der Waals surface area contributed by atoms with Crippen LogP contribution in [0.1, 0.15) is 17.0 Å². The summed E-state index contributed by atoms with van der Waals surface area (Å²) in [5.74, 6) is 0.923. The number of allylic oxidation sites excluding steroid dienone is 1. The number of hydrogen-bond donors (Lipinski definition) is 1. The van der Waals surface area contributed by atoms with Gasteiger partial charge >= 0.3 is 0 Å². The number of nitrogens with zero attached hydrogens (tertiary/aromatic N) is 2. The van der Waals surface area contributed by atoms with Gasteiger partial charge in [0.2, 0.25) is 0 Å². The Morgan fingerprint density at radius 1 is 1.07 bits per heavy atom. The molecule has 0 fully saturated rings. The van der Waals surface area contributed by atoms with Crippen LogP contribution in [0.2, 0.25) is 0 Å². The molecule has 4 nitrogen and oxygen atoms in total. The van der Waals surface area contributed by atoms with Crippen LogP contribution in [0.4, 0.5) is 4.39 Å². The molecule has 0 unspecified atom stereocenters. The van der Waals surface area contributed by atoms with E-state index in [9.17, 15) is 9.65 Å². The molecular weight excluding hydrogens is 353 g/mol. The second-order valence-electron chi connectivity index (χ2n) is 6.26. The number of ether oxygens (including phenoxy) is 1. The van der Waals surface area contributed by atoms with Crippen LogP contribution in [0, 0.1) is 17.1 Å². The van der Waals surface area contributed by atoms with E-state index in [0.717, 1.165) is 22.2 Å². The maximum absolute atomic E-state index is 13.0. The molecule has 0 bridgehead atoms. The molecule has 4 rings (SSSR count). The van der Waals surface area contributed by atoms with Gasteiger partial charge in [-0.15, -0.1) is 0 Å². The molecule has 3 aromatic carbocycles. The zero-order chi connectivity index (χ0) is 19.3. The van der Waals surface area contributed by atoms with Crippen LogP contribution >= 0.6 is 0 Å². The molecule has 0 atom stereocenters. The van der Waals surface area contributed by atoms with Gasteiger partial charge < -0.3 is 9.72 Å². The van der Waals surface area contributed by atoms with Crippen molar-refractivity contribution < 1.29 is 9.13 Å². The third-order valence-electron chi connectivity index (χ3n) is 4.25. The van der Waals surface area contributed by atoms with E-state index in [4.69, 9.17) is 4.74 Å². The molecule has 0 aliphatic heterocycles. The van der Waals surface area contributed by atoms with Gasteiger partial charge in [0.25, 0.3) is 0 Å². The Hall–Kier alpha value is -3.91. The van der Waals surface area contributed by atoms with E-state index in [0.29, 0.717) is 23.8 Å². The maximum atomic E-state index is 13.0. The fraction of sp³-hybridized carbons (Fsp3) is 0.0435. The average Bonchev–Trinajstić information content (AvgIpc) is 3.16. The van der Waals surface area contributed by atoms with E-state index in [-0.39, 0.29) is 5.82 Å². The molecule has 1 heterocycles. The molecule has 1 N–H and O–H groups in total. The molecule has 0 spiro atoms. The van der Waals surface area contributed by atoms with Crippen molar-refractivity contribution in [3.05, 3.63) is 95.6 Å². The minimum Gasteiger partial charge on any atom is -0.489 e. The minimum absolute atomic E-state index is 0.273. The SMILES string of the molecule is N#CC(=Cc1cccc(OCc2ccc(F)cc2)c1)c1nc2ccccc2[nH]1. The molecule has 0 saturated heterocycles. The number of fused-ring (bicyclic) bond motifs is 1. The van der Waals surface area contributed by atoms with Crippen LogP contribution in [0.25, 0.3) is 22.7 Å². The van der Waals surface area contributed by atoms with E-state index < -0.39 is 0 Å². The molecule has 1 aromatic heterocycles. The lowest BCUT2D eigenvalue weighted by Gasteiger charge is -2.07. The number of halogens is 1. The fourth-order valence-electron chi connectivity index (χ4n) is 2.84. The Labute approximate surface area is 161 Å². The topological polar surface area (TPSA) is 61.7 Å². The van der Waals surface area contributed by atoms with Gasteiger partial charge in [-0.1, -0.05) is 36.4 Å². The normalized spacial score (nSPS) is 11.4. The maximum Gasteiger partial charge on any atom is 0.149 e. The molecule has 0 saturated carbocycles. The van der Waals surface area contributed by atoms with Gasteiger partial charge in [0.1, 0.15) is 30.1 Å². The van der Waals surface area contributed by atoms with Crippen molar-refractivity contribution in [2.75, 3.05) is 0 Å². The van der Waals surface area contributed by atoms with E-state index in [1.54, 1.807) is 18.2 Å². The summed E-state index contributed by atoms with van der Waals surface area (Å²) in [6.07, 6.45) is 1.77. The number of nitriles is 1.